The number of halogens is 1. The van der Waals surface area contributed by atoms with Gasteiger partial charge in [-0.2, -0.15) is 0 Å². The summed E-state index contributed by atoms with van der Waals surface area (Å²) in [5.41, 5.74) is -0.185. The lowest BCUT2D eigenvalue weighted by Gasteiger charge is -2.45. The quantitative estimate of drug-likeness (QED) is 0.130. The van der Waals surface area contributed by atoms with E-state index < -0.39 is 44.5 Å². The number of hydrogen-bond acceptors (Lipinski definition) is 9. The molecule has 1 heterocycles. The molecule has 2 aromatic carbocycles. The van der Waals surface area contributed by atoms with Gasteiger partial charge in [-0.1, -0.05) is 63.6 Å². The number of amides is 3. The monoisotopic (exact) mass is 711 g/mol. The molecule has 14 nitrogen and oxygen atoms in total. The Bertz CT molecular complexity index is 1490. The number of esters is 1. The van der Waals surface area contributed by atoms with Crippen molar-refractivity contribution in [2.24, 2.45) is 11.3 Å². The topological polar surface area (TPSA) is 190 Å². The third kappa shape index (κ3) is 12.0. The van der Waals surface area contributed by atoms with Crippen LogP contribution in [0.15, 0.2) is 48.5 Å². The number of nitrogens with zero attached hydrogens (tertiary/aromatic N) is 1. The number of rotatable bonds is 12. The van der Waals surface area contributed by atoms with Crippen LogP contribution >= 0.6 is 19.4 Å². The summed E-state index contributed by atoms with van der Waals surface area (Å²) in [6.45, 7) is 10.9. The maximum absolute atomic E-state index is 13.6. The Morgan fingerprint density at radius 1 is 1.04 bits per heavy atom. The number of phosphoric acid groups is 1. The molecule has 264 valence electrons. The average molecular weight is 712 g/mol. The number of phosphoric ester groups is 1. The molecule has 4 N–H and O–H groups in total. The van der Waals surface area contributed by atoms with Crippen molar-refractivity contribution in [2.45, 2.75) is 72.1 Å². The number of nitrogens with one attached hydrogen (secondary N) is 2. The van der Waals surface area contributed by atoms with Gasteiger partial charge in [-0.25, -0.2) is 14.2 Å². The van der Waals surface area contributed by atoms with Crippen LogP contribution in [-0.2, 0) is 34.8 Å². The summed E-state index contributed by atoms with van der Waals surface area (Å²) in [4.78, 5) is 70.3. The van der Waals surface area contributed by atoms with E-state index in [-0.39, 0.29) is 35.3 Å². The molecular weight excluding hydrogens is 669 g/mol. The van der Waals surface area contributed by atoms with E-state index in [2.05, 4.69) is 29.0 Å². The third-order valence-electron chi connectivity index (χ3n) is 7.68. The number of carbonyl (C=O) groups is 4. The Morgan fingerprint density at radius 3 is 2.23 bits per heavy atom. The maximum Gasteiger partial charge on any atom is 0.524 e. The Labute approximate surface area is 284 Å². The Balaban J connectivity index is 1.45. The van der Waals surface area contributed by atoms with Crippen LogP contribution in [0.5, 0.6) is 5.75 Å². The maximum atomic E-state index is 13.6. The number of benzene rings is 2. The second-order valence-corrected chi connectivity index (χ2v) is 14.6. The van der Waals surface area contributed by atoms with Crippen LogP contribution in [-0.4, -0.2) is 70.4 Å². The minimum atomic E-state index is -4.71. The third-order valence-corrected chi connectivity index (χ3v) is 8.38. The minimum absolute atomic E-state index is 0.0855. The molecule has 0 aliphatic carbocycles. The molecule has 16 heteroatoms. The summed E-state index contributed by atoms with van der Waals surface area (Å²) >= 11 is 6.07. The summed E-state index contributed by atoms with van der Waals surface area (Å²) in [7, 11) is -4.71. The van der Waals surface area contributed by atoms with Crippen LogP contribution in [0.3, 0.4) is 0 Å². The van der Waals surface area contributed by atoms with Crippen LogP contribution in [0.2, 0.25) is 5.02 Å². The molecule has 3 rings (SSSR count). The van der Waals surface area contributed by atoms with Crippen molar-refractivity contribution in [2.75, 3.05) is 19.9 Å². The zero-order chi connectivity index (χ0) is 35.9. The Hall–Kier alpha value is -3.84. The SMILES string of the molecule is CC(C)C(NC(=O)NC(C)(C)OC(=O)OCOC(=O)Cc1ccc(OP(=O)(O)O)cc1)C(=O)N1CCC(c2ccc(Cl)cc2)C(C)(C)C1. The molecule has 1 aliphatic rings. The van der Waals surface area contributed by atoms with E-state index in [9.17, 15) is 23.7 Å². The zero-order valence-electron chi connectivity index (χ0n) is 27.7. The largest absolute Gasteiger partial charge is 0.524 e. The highest BCUT2D eigenvalue weighted by atomic mass is 35.5. The fourth-order valence-electron chi connectivity index (χ4n) is 5.45. The molecule has 2 atom stereocenters. The van der Waals surface area contributed by atoms with Gasteiger partial charge < -0.3 is 34.3 Å². The summed E-state index contributed by atoms with van der Waals surface area (Å²) in [6, 6.07) is 11.5. The van der Waals surface area contributed by atoms with Crippen molar-refractivity contribution in [3.05, 3.63) is 64.7 Å². The van der Waals surface area contributed by atoms with E-state index in [1.807, 2.05) is 38.1 Å². The van der Waals surface area contributed by atoms with Gasteiger partial charge in [-0.3, -0.25) is 19.4 Å². The predicted molar refractivity (Wildman–Crippen MR) is 175 cm³/mol. The van der Waals surface area contributed by atoms with E-state index in [1.54, 1.807) is 4.90 Å². The molecule has 0 aromatic heterocycles. The van der Waals surface area contributed by atoms with Crippen molar-refractivity contribution in [1.29, 1.82) is 0 Å². The van der Waals surface area contributed by atoms with E-state index in [0.717, 1.165) is 12.0 Å². The standard InChI is InChI=1S/C32H43ClN3O11P/c1-20(2)27(28(38)36-16-15-25(31(3,4)18-36)22-9-11-23(33)12-10-22)34-29(39)35-32(5,6)46-30(40)45-19-44-26(37)17-21-7-13-24(14-8-21)47-48(41,42)43/h7-14,20,25,27H,15-19H2,1-6H3,(H2,34,35,39)(H2,41,42,43). The normalized spacial score (nSPS) is 16.8. The smallest absolute Gasteiger partial charge is 0.427 e. The first-order valence-electron chi connectivity index (χ1n) is 15.2. The van der Waals surface area contributed by atoms with Crippen molar-refractivity contribution < 1.29 is 52.3 Å². The highest BCUT2D eigenvalue weighted by Crippen LogP contribution is 2.42. The van der Waals surface area contributed by atoms with Crippen molar-refractivity contribution in [3.8, 4) is 5.75 Å². The number of hydrogen-bond donors (Lipinski definition) is 4. The Kier molecular flexibility index (Phi) is 12.9. The lowest BCUT2D eigenvalue weighted by molar-refractivity contribution is -0.153. The summed E-state index contributed by atoms with van der Waals surface area (Å²) in [6.07, 6.45) is -0.704. The molecule has 1 fully saturated rings. The summed E-state index contributed by atoms with van der Waals surface area (Å²) < 4.78 is 30.2. The van der Waals surface area contributed by atoms with Crippen LogP contribution < -0.4 is 15.2 Å². The second-order valence-electron chi connectivity index (χ2n) is 13.0. The Morgan fingerprint density at radius 2 is 1.67 bits per heavy atom. The molecule has 0 saturated carbocycles. The zero-order valence-corrected chi connectivity index (χ0v) is 29.4. The first-order valence-corrected chi connectivity index (χ1v) is 17.1. The van der Waals surface area contributed by atoms with Gasteiger partial charge in [-0.05, 0) is 72.9 Å². The molecular formula is C32H43ClN3O11P. The molecule has 3 amide bonds. The van der Waals surface area contributed by atoms with E-state index in [4.69, 9.17) is 35.6 Å². The lowest BCUT2D eigenvalue weighted by atomic mass is 9.70. The molecule has 2 aromatic rings. The number of likely N-dealkylation sites (tertiary alicyclic amines) is 1. The lowest BCUT2D eigenvalue weighted by Crippen LogP contribution is -2.59. The van der Waals surface area contributed by atoms with Crippen LogP contribution in [0.4, 0.5) is 9.59 Å². The van der Waals surface area contributed by atoms with Gasteiger partial charge in [0.1, 0.15) is 11.8 Å². The van der Waals surface area contributed by atoms with Gasteiger partial charge in [0.25, 0.3) is 0 Å². The van der Waals surface area contributed by atoms with Crippen LogP contribution in [0.1, 0.15) is 65.0 Å². The van der Waals surface area contributed by atoms with E-state index >= 15 is 0 Å². The highest BCUT2D eigenvalue weighted by molar-refractivity contribution is 7.46. The molecule has 2 unspecified atom stereocenters. The first-order chi connectivity index (χ1) is 22.2. The van der Waals surface area contributed by atoms with Crippen LogP contribution in [0.25, 0.3) is 0 Å². The summed E-state index contributed by atoms with van der Waals surface area (Å²) in [5.74, 6) is -1.07. The van der Waals surface area contributed by atoms with Crippen molar-refractivity contribution >= 4 is 43.5 Å². The number of piperidine rings is 1. The predicted octanol–water partition coefficient (Wildman–Crippen LogP) is 5.11. The average Bonchev–Trinajstić information content (AvgIpc) is 2.95. The van der Waals surface area contributed by atoms with Gasteiger partial charge in [-0.15, -0.1) is 0 Å². The van der Waals surface area contributed by atoms with Gasteiger partial charge in [0.2, 0.25) is 12.7 Å². The summed E-state index contributed by atoms with van der Waals surface area (Å²) in [5, 5.41) is 5.89. The fraction of sp³-hybridized carbons (Fsp3) is 0.500. The van der Waals surface area contributed by atoms with E-state index in [0.29, 0.717) is 23.7 Å². The first kappa shape index (κ1) is 38.6. The number of ether oxygens (including phenoxy) is 3. The van der Waals surface area contributed by atoms with Crippen LogP contribution in [0, 0.1) is 11.3 Å². The van der Waals surface area contributed by atoms with Gasteiger partial charge in [0.05, 0.1) is 6.42 Å². The van der Waals surface area contributed by atoms with Crippen molar-refractivity contribution in [3.63, 3.8) is 0 Å². The molecule has 0 radical (unpaired) electrons. The molecule has 1 aliphatic heterocycles. The number of urea groups is 1. The minimum Gasteiger partial charge on any atom is -0.427 e. The van der Waals surface area contributed by atoms with Gasteiger partial charge in [0.15, 0.2) is 5.72 Å². The highest BCUT2D eigenvalue weighted by Gasteiger charge is 2.41. The fourth-order valence-corrected chi connectivity index (χ4v) is 5.97. The second kappa shape index (κ2) is 16.0. The van der Waals surface area contributed by atoms with Gasteiger partial charge >= 0.3 is 26.0 Å². The molecule has 0 spiro atoms. The molecule has 48 heavy (non-hydrogen) atoms. The molecule has 1 saturated heterocycles. The van der Waals surface area contributed by atoms with Crippen molar-refractivity contribution in [1.82, 2.24) is 15.5 Å². The molecule has 0 bridgehead atoms. The van der Waals surface area contributed by atoms with Gasteiger partial charge in [0, 0.05) is 18.1 Å². The number of carbonyl (C=O) groups excluding carboxylic acids is 4. The van der Waals surface area contributed by atoms with E-state index in [1.165, 1.54) is 38.1 Å².